The van der Waals surface area contributed by atoms with E-state index in [1.165, 1.54) is 25.0 Å². The van der Waals surface area contributed by atoms with Crippen LogP contribution in [-0.2, 0) is 90.8 Å². The van der Waals surface area contributed by atoms with Crippen LogP contribution < -0.4 is 44.2 Å². The van der Waals surface area contributed by atoms with Gasteiger partial charge in [-0.2, -0.15) is 0 Å². The molecule has 634 valence electrons. The number of ether oxygens (including phenoxy) is 6. The summed E-state index contributed by atoms with van der Waals surface area (Å²) in [6.45, 7) is 33.9. The lowest BCUT2D eigenvalue weighted by Crippen LogP contribution is -2.33. The van der Waals surface area contributed by atoms with Gasteiger partial charge in [-0.25, -0.2) is 38.4 Å². The number of allylic oxidation sites excluding steroid dienone is 1. The molecule has 0 aliphatic heterocycles. The Hall–Kier alpha value is -8.00. The summed E-state index contributed by atoms with van der Waals surface area (Å²) in [5.74, 6) is -8.60. The molecule has 0 atom stereocenters. The number of halogens is 1. The molecule has 0 radical (unpaired) electrons. The Balaban J connectivity index is -0.000000184. The summed E-state index contributed by atoms with van der Waals surface area (Å²) in [5, 5.41) is 26.5. The van der Waals surface area contributed by atoms with Crippen LogP contribution in [0.4, 0.5) is 9.59 Å². The minimum absolute atomic E-state index is 0.102. The standard InChI is InChI=1S/C16H29NO5.C14H23NO4.C12H19NO4.C11H24N2O2.C11H21NO3.C6H16N2.C4H6O4.C3H3ClO/c1-5-21-14(19)13(18)11-9-7-6-8-10-12-17-15(20)22-16(2,3)4;1-3-13(17)15-11-9-7-5-6-8-10-12(16)14(18)19-4-2;1-2-11(15)13-9-7-5-3-4-6-8-10(14)12(16)17;1-11(2,3)15-10(14)13-9-7-5-4-6-8-12;1-2-15-11(14)10(13)8-6-4-3-5-7-9-12;7-5-3-1-2-4-6-8;1-2-8-4(7)3(5)6;1-2-3(4)5/h5-12H2,1-4H3,(H,17,20);3H,1,4-11H2,2H3,(H,15,17);2H,1,3-9H2,(H,13,15)(H,16,17);4-9,12H2,1-3H3,(H,13,14);2-9,12H2,1H3;1-8H2;2H2,1H3,(H,5,6);2H,1H2. The molecule has 0 aromatic rings. The number of amides is 4. The number of carboxylic acid groups (broad SMARTS) is 2. The van der Waals surface area contributed by atoms with E-state index in [2.05, 4.69) is 60.0 Å². The number of ketones is 4. The number of alkyl carbamates (subject to hydrolysis) is 2. The van der Waals surface area contributed by atoms with Crippen molar-refractivity contribution in [2.75, 3.05) is 78.8 Å². The number of unbranched alkanes of at least 4 members (excludes halogenated alkanes) is 22. The van der Waals surface area contributed by atoms with Gasteiger partial charge in [-0.1, -0.05) is 122 Å². The van der Waals surface area contributed by atoms with Crippen LogP contribution in [0.5, 0.6) is 0 Å². The number of aliphatic carboxylic acids is 2. The second-order valence-electron chi connectivity index (χ2n) is 25.6. The average molecular weight is 1580 g/mol. The number of esters is 4. The molecule has 0 aliphatic carbocycles. The first-order valence-electron chi connectivity index (χ1n) is 38.1. The Bertz CT molecular complexity index is 2470. The number of Topliss-reactive ketones (excluding diaryl/α,β-unsaturated/α-hetero) is 4. The van der Waals surface area contributed by atoms with Crippen LogP contribution in [-0.4, -0.2) is 188 Å². The van der Waals surface area contributed by atoms with Crippen LogP contribution in [0, 0.1) is 0 Å². The van der Waals surface area contributed by atoms with Crippen molar-refractivity contribution in [1.29, 1.82) is 0 Å². The van der Waals surface area contributed by atoms with E-state index < -0.39 is 81.5 Å². The molecular formula is C77H141ClN8O23. The first kappa shape index (κ1) is 117. The lowest BCUT2D eigenvalue weighted by molar-refractivity contribution is -0.163. The van der Waals surface area contributed by atoms with Crippen molar-refractivity contribution in [3.63, 3.8) is 0 Å². The number of nitrogens with one attached hydrogen (secondary N) is 4. The molecule has 4 amide bonds. The minimum atomic E-state index is -1.55. The third-order valence-electron chi connectivity index (χ3n) is 13.3. The Morgan fingerprint density at radius 1 is 0.321 bits per heavy atom. The van der Waals surface area contributed by atoms with Gasteiger partial charge in [0, 0.05) is 51.9 Å². The number of carbonyl (C=O) groups excluding carboxylic acids is 13. The smallest absolute Gasteiger partial charge is 0.417 e. The predicted octanol–water partition coefficient (Wildman–Crippen LogP) is 10.5. The highest BCUT2D eigenvalue weighted by Crippen LogP contribution is 2.11. The number of hydrogen-bond donors (Lipinski definition) is 10. The van der Waals surface area contributed by atoms with Gasteiger partial charge >= 0.3 is 48.0 Å². The SMILES string of the molecule is C=CC(=O)Cl.C=CC(=O)NCCCCCCCC(=O)C(=O)O.C=CC(=O)NCCCCCCCC(=O)C(=O)OCC.CC(C)(C)OC(=O)NCCCCCCN.CCOC(=O)C(=O)CCCCCCCN.CCOC(=O)C(=O)CCCCCCCNC(=O)OC(C)(C)C.CCOC(=O)C(=O)O.NCCCCCCN. The van der Waals surface area contributed by atoms with Crippen LogP contribution in [0.2, 0.25) is 0 Å². The third-order valence-corrected chi connectivity index (χ3v) is 13.5. The molecule has 0 saturated heterocycles. The van der Waals surface area contributed by atoms with Crippen molar-refractivity contribution in [3.8, 4) is 0 Å². The summed E-state index contributed by atoms with van der Waals surface area (Å²) in [6.07, 6.45) is 30.9. The monoisotopic (exact) mass is 1580 g/mol. The lowest BCUT2D eigenvalue weighted by atomic mass is 10.1. The number of rotatable bonds is 53. The van der Waals surface area contributed by atoms with Crippen molar-refractivity contribution in [2.45, 2.75) is 286 Å². The molecule has 0 aromatic carbocycles. The van der Waals surface area contributed by atoms with Gasteiger partial charge in [0.25, 0.3) is 0 Å². The van der Waals surface area contributed by atoms with Crippen molar-refractivity contribution in [3.05, 3.63) is 38.0 Å². The summed E-state index contributed by atoms with van der Waals surface area (Å²) in [6, 6.07) is 0. The van der Waals surface area contributed by atoms with E-state index in [9.17, 15) is 71.9 Å². The number of nitrogens with two attached hydrogens (primary N) is 4. The second-order valence-corrected chi connectivity index (χ2v) is 26.0. The van der Waals surface area contributed by atoms with Crippen molar-refractivity contribution < 1.29 is 111 Å². The molecule has 0 rings (SSSR count). The van der Waals surface area contributed by atoms with Crippen molar-refractivity contribution in [2.24, 2.45) is 22.9 Å². The summed E-state index contributed by atoms with van der Waals surface area (Å²) < 4.78 is 28.1. The van der Waals surface area contributed by atoms with Gasteiger partial charge in [0.1, 0.15) is 11.2 Å². The number of carboxylic acids is 2. The fourth-order valence-electron chi connectivity index (χ4n) is 7.87. The Kier molecular flexibility index (Phi) is 93.5. The minimum Gasteiger partial charge on any atom is -0.476 e. The number of hydrogen-bond acceptors (Lipinski definition) is 25. The molecule has 0 aliphatic rings. The van der Waals surface area contributed by atoms with Gasteiger partial charge < -0.3 is 82.8 Å². The van der Waals surface area contributed by atoms with Gasteiger partial charge in [-0.3, -0.25) is 33.6 Å². The van der Waals surface area contributed by atoms with E-state index in [0.717, 1.165) is 180 Å². The van der Waals surface area contributed by atoms with Crippen molar-refractivity contribution >= 4 is 99.8 Å². The van der Waals surface area contributed by atoms with Gasteiger partial charge in [0.2, 0.25) is 40.2 Å². The van der Waals surface area contributed by atoms with E-state index in [4.69, 9.17) is 54.2 Å². The van der Waals surface area contributed by atoms with E-state index in [-0.39, 0.29) is 63.6 Å². The fraction of sp³-hybridized carbons (Fsp3) is 0.727. The maximum Gasteiger partial charge on any atom is 0.417 e. The summed E-state index contributed by atoms with van der Waals surface area (Å²) >= 11 is 4.71. The maximum atomic E-state index is 11.4. The predicted molar refractivity (Wildman–Crippen MR) is 422 cm³/mol. The molecule has 0 saturated carbocycles. The maximum absolute atomic E-state index is 11.4. The molecule has 0 spiro atoms. The van der Waals surface area contributed by atoms with E-state index >= 15 is 0 Å². The van der Waals surface area contributed by atoms with E-state index in [0.29, 0.717) is 51.9 Å². The normalized spacial score (nSPS) is 9.94. The molecule has 32 heteroatoms. The quantitative estimate of drug-likeness (QED) is 0.00675. The van der Waals surface area contributed by atoms with Crippen LogP contribution in [0.1, 0.15) is 275 Å². The molecule has 31 nitrogen and oxygen atoms in total. The molecule has 14 N–H and O–H groups in total. The van der Waals surface area contributed by atoms with E-state index in [1.54, 1.807) is 27.7 Å². The van der Waals surface area contributed by atoms with Crippen LogP contribution in [0.25, 0.3) is 0 Å². The highest BCUT2D eigenvalue weighted by molar-refractivity contribution is 6.66. The zero-order valence-electron chi connectivity index (χ0n) is 67.6. The third kappa shape index (κ3) is 109. The van der Waals surface area contributed by atoms with E-state index in [1.807, 2.05) is 41.5 Å². The zero-order valence-corrected chi connectivity index (χ0v) is 68.4. The first-order chi connectivity index (χ1) is 51.5. The zero-order chi connectivity index (χ0) is 85.0. The topological polar surface area (TPSA) is 504 Å². The van der Waals surface area contributed by atoms with Crippen molar-refractivity contribution in [1.82, 2.24) is 21.3 Å². The molecule has 0 aromatic heterocycles. The van der Waals surface area contributed by atoms with Gasteiger partial charge in [0.05, 0.1) is 26.4 Å². The molecule has 0 heterocycles. The molecule has 0 fully saturated rings. The first-order valence-corrected chi connectivity index (χ1v) is 38.5. The van der Waals surface area contributed by atoms with Crippen LogP contribution >= 0.6 is 11.6 Å². The molecule has 0 bridgehead atoms. The average Bonchev–Trinajstić information content (AvgIpc) is 0.965. The van der Waals surface area contributed by atoms with Crippen LogP contribution in [0.3, 0.4) is 0 Å². The Labute approximate surface area is 654 Å². The summed E-state index contributed by atoms with van der Waals surface area (Å²) in [5.41, 5.74) is 20.4. The number of carbonyl (C=O) groups is 15. The van der Waals surface area contributed by atoms with Crippen LogP contribution in [0.15, 0.2) is 38.0 Å². The Morgan fingerprint density at radius 3 is 0.725 bits per heavy atom. The summed E-state index contributed by atoms with van der Waals surface area (Å²) in [4.78, 5) is 161. The van der Waals surface area contributed by atoms with Gasteiger partial charge in [-0.05, 0) is 202 Å². The van der Waals surface area contributed by atoms with Gasteiger partial charge in [0.15, 0.2) is 0 Å². The largest absolute Gasteiger partial charge is 0.476 e. The molecular weight excluding hydrogens is 1440 g/mol. The molecule has 0 unspecified atom stereocenters. The summed E-state index contributed by atoms with van der Waals surface area (Å²) in [7, 11) is 0. The highest BCUT2D eigenvalue weighted by atomic mass is 35.5. The lowest BCUT2D eigenvalue weighted by Gasteiger charge is -2.19. The molecule has 109 heavy (non-hydrogen) atoms. The highest BCUT2D eigenvalue weighted by Gasteiger charge is 2.19. The van der Waals surface area contributed by atoms with Gasteiger partial charge in [-0.15, -0.1) is 0 Å². The second kappa shape index (κ2) is 87.2. The fourth-order valence-corrected chi connectivity index (χ4v) is 7.87. The Morgan fingerprint density at radius 2 is 0.532 bits per heavy atom.